The van der Waals surface area contributed by atoms with Gasteiger partial charge in [-0.05, 0) is 32.8 Å². The van der Waals surface area contributed by atoms with Crippen molar-refractivity contribution in [1.82, 2.24) is 9.78 Å². The van der Waals surface area contributed by atoms with Crippen LogP contribution in [0.2, 0.25) is 0 Å². The van der Waals surface area contributed by atoms with Gasteiger partial charge in [0.15, 0.2) is 5.78 Å². The van der Waals surface area contributed by atoms with Crippen molar-refractivity contribution >= 4 is 5.78 Å². The van der Waals surface area contributed by atoms with Gasteiger partial charge in [0.2, 0.25) is 0 Å². The summed E-state index contributed by atoms with van der Waals surface area (Å²) in [6.07, 6.45) is 2.38. The molecule has 0 spiro atoms. The Balaban J connectivity index is 1.88. The maximum Gasteiger partial charge on any atom is 0.162 e. The Hall–Kier alpha value is -1.90. The lowest BCUT2D eigenvalue weighted by atomic mass is 10.0. The number of Topliss-reactive ketones (excluding diaryl/α,β-unsaturated/α-hetero) is 1. The Kier molecular flexibility index (Phi) is 4.50. The van der Waals surface area contributed by atoms with Crippen LogP contribution < -0.4 is 0 Å². The summed E-state index contributed by atoms with van der Waals surface area (Å²) in [7, 11) is 0. The number of ketones is 1. The molecule has 2 rings (SSSR count). The first-order valence-corrected chi connectivity index (χ1v) is 6.82. The number of aryl methyl sites for hydroxylation is 3. The molecule has 0 unspecified atom stereocenters. The highest BCUT2D eigenvalue weighted by Gasteiger charge is 2.07. The van der Waals surface area contributed by atoms with Crippen LogP contribution in [0, 0.1) is 6.92 Å². The van der Waals surface area contributed by atoms with Crippen LogP contribution in [-0.2, 0) is 13.0 Å². The molecule has 0 aliphatic rings. The molecule has 3 nitrogen and oxygen atoms in total. The molecule has 1 aromatic carbocycles. The van der Waals surface area contributed by atoms with Crippen molar-refractivity contribution < 1.29 is 4.79 Å². The number of carbonyl (C=O) groups is 1. The zero-order valence-electron chi connectivity index (χ0n) is 11.6. The lowest BCUT2D eigenvalue weighted by Crippen LogP contribution is -2.04. The van der Waals surface area contributed by atoms with Crippen molar-refractivity contribution in [2.24, 2.45) is 0 Å². The standard InChI is InChI=1S/C16H20N2O/c1-3-18-15(12-13(2)17-18)10-7-11-16(19)14-8-5-4-6-9-14/h4-6,8-9,12H,3,7,10-11H2,1-2H3. The minimum absolute atomic E-state index is 0.222. The lowest BCUT2D eigenvalue weighted by Gasteiger charge is -2.04. The zero-order valence-corrected chi connectivity index (χ0v) is 11.6. The van der Waals surface area contributed by atoms with E-state index >= 15 is 0 Å². The Morgan fingerprint density at radius 1 is 1.26 bits per heavy atom. The van der Waals surface area contributed by atoms with Crippen LogP contribution in [0.4, 0.5) is 0 Å². The number of hydrogen-bond donors (Lipinski definition) is 0. The molecule has 19 heavy (non-hydrogen) atoms. The van der Waals surface area contributed by atoms with Crippen LogP contribution in [-0.4, -0.2) is 15.6 Å². The normalized spacial score (nSPS) is 10.6. The SMILES string of the molecule is CCn1nc(C)cc1CCCC(=O)c1ccccc1. The monoisotopic (exact) mass is 256 g/mol. The highest BCUT2D eigenvalue weighted by atomic mass is 16.1. The van der Waals surface area contributed by atoms with Crippen LogP contribution in [0.15, 0.2) is 36.4 Å². The molecular formula is C16H20N2O. The average molecular weight is 256 g/mol. The predicted molar refractivity (Wildman–Crippen MR) is 76.3 cm³/mol. The van der Waals surface area contributed by atoms with E-state index in [9.17, 15) is 4.79 Å². The van der Waals surface area contributed by atoms with Gasteiger partial charge in [0, 0.05) is 24.2 Å². The second-order valence-electron chi connectivity index (χ2n) is 4.74. The summed E-state index contributed by atoms with van der Waals surface area (Å²) in [6.45, 7) is 4.98. The first-order chi connectivity index (χ1) is 9.20. The summed E-state index contributed by atoms with van der Waals surface area (Å²) in [5.74, 6) is 0.222. The molecule has 2 aromatic rings. The van der Waals surface area contributed by atoms with E-state index in [1.807, 2.05) is 41.9 Å². The summed E-state index contributed by atoms with van der Waals surface area (Å²) in [5, 5.41) is 4.42. The summed E-state index contributed by atoms with van der Waals surface area (Å²) >= 11 is 0. The Morgan fingerprint density at radius 2 is 2.00 bits per heavy atom. The molecule has 0 N–H and O–H groups in total. The number of nitrogens with zero attached hydrogens (tertiary/aromatic N) is 2. The van der Waals surface area contributed by atoms with E-state index in [0.29, 0.717) is 6.42 Å². The Morgan fingerprint density at radius 3 is 2.68 bits per heavy atom. The molecule has 0 bridgehead atoms. The molecule has 0 saturated carbocycles. The van der Waals surface area contributed by atoms with E-state index in [2.05, 4.69) is 18.1 Å². The lowest BCUT2D eigenvalue weighted by molar-refractivity contribution is 0.0980. The molecule has 1 aromatic heterocycles. The van der Waals surface area contributed by atoms with Crippen molar-refractivity contribution in [1.29, 1.82) is 0 Å². The molecule has 0 radical (unpaired) electrons. The maximum atomic E-state index is 12.0. The average Bonchev–Trinajstić information content (AvgIpc) is 2.80. The second-order valence-corrected chi connectivity index (χ2v) is 4.74. The van der Waals surface area contributed by atoms with Crippen molar-refractivity contribution in [3.63, 3.8) is 0 Å². The van der Waals surface area contributed by atoms with Crippen LogP contribution >= 0.6 is 0 Å². The van der Waals surface area contributed by atoms with Gasteiger partial charge in [-0.2, -0.15) is 5.10 Å². The van der Waals surface area contributed by atoms with Gasteiger partial charge in [-0.1, -0.05) is 30.3 Å². The zero-order chi connectivity index (χ0) is 13.7. The van der Waals surface area contributed by atoms with Gasteiger partial charge in [0.25, 0.3) is 0 Å². The molecule has 0 amide bonds. The molecular weight excluding hydrogens is 236 g/mol. The summed E-state index contributed by atoms with van der Waals surface area (Å²) in [5.41, 5.74) is 3.08. The highest BCUT2D eigenvalue weighted by Crippen LogP contribution is 2.11. The van der Waals surface area contributed by atoms with E-state index in [1.54, 1.807) is 0 Å². The third-order valence-electron chi connectivity index (χ3n) is 3.22. The number of rotatable bonds is 6. The minimum Gasteiger partial charge on any atom is -0.294 e. The largest absolute Gasteiger partial charge is 0.294 e. The van der Waals surface area contributed by atoms with Crippen LogP contribution in [0.3, 0.4) is 0 Å². The van der Waals surface area contributed by atoms with Crippen molar-refractivity contribution in [2.45, 2.75) is 39.7 Å². The van der Waals surface area contributed by atoms with Gasteiger partial charge in [-0.25, -0.2) is 0 Å². The number of hydrogen-bond acceptors (Lipinski definition) is 2. The fraction of sp³-hybridized carbons (Fsp3) is 0.375. The molecule has 100 valence electrons. The van der Waals surface area contributed by atoms with Gasteiger partial charge in [-0.15, -0.1) is 0 Å². The first kappa shape index (κ1) is 13.5. The first-order valence-electron chi connectivity index (χ1n) is 6.82. The predicted octanol–water partition coefficient (Wildman–Crippen LogP) is 3.42. The molecule has 0 atom stereocenters. The quantitative estimate of drug-likeness (QED) is 0.742. The molecule has 0 saturated heterocycles. The van der Waals surface area contributed by atoms with E-state index in [-0.39, 0.29) is 5.78 Å². The summed E-state index contributed by atoms with van der Waals surface area (Å²) in [4.78, 5) is 12.0. The van der Waals surface area contributed by atoms with Gasteiger partial charge >= 0.3 is 0 Å². The van der Waals surface area contributed by atoms with Crippen LogP contribution in [0.1, 0.15) is 41.5 Å². The third-order valence-corrected chi connectivity index (χ3v) is 3.22. The minimum atomic E-state index is 0.222. The summed E-state index contributed by atoms with van der Waals surface area (Å²) < 4.78 is 2.02. The molecule has 0 aliphatic heterocycles. The van der Waals surface area contributed by atoms with E-state index < -0.39 is 0 Å². The van der Waals surface area contributed by atoms with Crippen molar-refractivity contribution in [2.75, 3.05) is 0 Å². The smallest absolute Gasteiger partial charge is 0.162 e. The van der Waals surface area contributed by atoms with E-state index in [4.69, 9.17) is 0 Å². The Bertz CT molecular complexity index is 543. The molecule has 0 fully saturated rings. The van der Waals surface area contributed by atoms with Gasteiger partial charge in [0.05, 0.1) is 5.69 Å². The highest BCUT2D eigenvalue weighted by molar-refractivity contribution is 5.95. The van der Waals surface area contributed by atoms with Gasteiger partial charge in [0.1, 0.15) is 0 Å². The second kappa shape index (κ2) is 6.32. The number of benzene rings is 1. The van der Waals surface area contributed by atoms with Gasteiger partial charge in [-0.3, -0.25) is 9.48 Å². The fourth-order valence-corrected chi connectivity index (χ4v) is 2.27. The van der Waals surface area contributed by atoms with Crippen molar-refractivity contribution in [3.8, 4) is 0 Å². The van der Waals surface area contributed by atoms with E-state index in [0.717, 1.165) is 30.6 Å². The van der Waals surface area contributed by atoms with Crippen LogP contribution in [0.5, 0.6) is 0 Å². The molecule has 0 aliphatic carbocycles. The topological polar surface area (TPSA) is 34.9 Å². The van der Waals surface area contributed by atoms with Crippen LogP contribution in [0.25, 0.3) is 0 Å². The molecule has 3 heteroatoms. The van der Waals surface area contributed by atoms with Crippen molar-refractivity contribution in [3.05, 3.63) is 53.3 Å². The third kappa shape index (κ3) is 3.53. The number of aromatic nitrogens is 2. The summed E-state index contributed by atoms with van der Waals surface area (Å²) in [6, 6.07) is 11.6. The molecule has 1 heterocycles. The maximum absolute atomic E-state index is 12.0. The number of carbonyl (C=O) groups excluding carboxylic acids is 1. The van der Waals surface area contributed by atoms with Gasteiger partial charge < -0.3 is 0 Å². The Labute approximate surface area is 114 Å². The van der Waals surface area contributed by atoms with E-state index in [1.165, 1.54) is 5.69 Å². The fourth-order valence-electron chi connectivity index (χ4n) is 2.27.